The minimum atomic E-state index is -4.51. The maximum atomic E-state index is 12.2. The van der Waals surface area contributed by atoms with E-state index in [0.29, 0.717) is 27.5 Å². The molecule has 1 unspecified atom stereocenters. The predicted octanol–water partition coefficient (Wildman–Crippen LogP) is 10.3. The summed E-state index contributed by atoms with van der Waals surface area (Å²) >= 11 is 0.726. The summed E-state index contributed by atoms with van der Waals surface area (Å²) in [5, 5.41) is 12.7. The van der Waals surface area contributed by atoms with E-state index in [1.807, 2.05) is 24.3 Å². The number of benzene rings is 5. The fraction of sp³-hybridized carbons (Fsp3) is 0.167. The molecular formula is C36H35NO6S2. The SMILES string of the molecule is CCC(C)c1ccc(N(c2ccc(C)cc2)c2ccc(-c3ccc(-c4ccc(C)cc4S(=O)(=O)O)c(SOOO)c3)cc2)cc1. The van der Waals surface area contributed by atoms with Crippen molar-refractivity contribution in [2.24, 2.45) is 0 Å². The summed E-state index contributed by atoms with van der Waals surface area (Å²) in [4.78, 5) is 2.47. The monoisotopic (exact) mass is 641 g/mol. The topological polar surface area (TPSA) is 96.3 Å². The molecule has 1 atom stereocenters. The van der Waals surface area contributed by atoms with Gasteiger partial charge in [-0.3, -0.25) is 4.55 Å². The molecule has 0 aliphatic carbocycles. The maximum absolute atomic E-state index is 12.2. The van der Waals surface area contributed by atoms with Crippen LogP contribution in [-0.4, -0.2) is 18.2 Å². The Morgan fingerprint density at radius 3 is 1.84 bits per heavy atom. The Balaban J connectivity index is 1.54. The molecular weight excluding hydrogens is 607 g/mol. The van der Waals surface area contributed by atoms with Gasteiger partial charge in [-0.05, 0) is 103 Å². The Morgan fingerprint density at radius 1 is 0.733 bits per heavy atom. The Kier molecular flexibility index (Phi) is 10.1. The van der Waals surface area contributed by atoms with E-state index >= 15 is 0 Å². The van der Waals surface area contributed by atoms with Gasteiger partial charge in [-0.1, -0.05) is 85.1 Å². The molecule has 0 amide bonds. The highest BCUT2D eigenvalue weighted by Gasteiger charge is 2.21. The van der Waals surface area contributed by atoms with Crippen LogP contribution in [0.3, 0.4) is 0 Å². The smallest absolute Gasteiger partial charge is 0.295 e. The van der Waals surface area contributed by atoms with E-state index in [1.165, 1.54) is 17.2 Å². The molecule has 0 bridgehead atoms. The maximum Gasteiger partial charge on any atom is 0.295 e. The van der Waals surface area contributed by atoms with E-state index in [0.717, 1.165) is 46.7 Å². The quantitative estimate of drug-likeness (QED) is 0.0637. The highest BCUT2D eigenvalue weighted by Crippen LogP contribution is 2.40. The minimum absolute atomic E-state index is 0.222. The number of rotatable bonds is 11. The molecule has 0 aliphatic rings. The lowest BCUT2D eigenvalue weighted by atomic mass is 9.98. The summed E-state index contributed by atoms with van der Waals surface area (Å²) in [5.74, 6) is 0.487. The molecule has 5 aromatic rings. The van der Waals surface area contributed by atoms with Crippen molar-refractivity contribution in [2.75, 3.05) is 4.90 Å². The number of hydrogen-bond acceptors (Lipinski definition) is 7. The standard InChI is InChI=1S/C36H35NO6S2/c1-5-26(4)27-9-16-31(17-10-27)37(30-14-6-24(2)7-15-30)32-18-11-28(12-19-32)29-13-21-33(35(23-29)44-43-42-38)34-20-8-25(3)22-36(34)45(39,40)41/h6-23,26,38H,5H2,1-4H3,(H,39,40,41). The van der Waals surface area contributed by atoms with Crippen LogP contribution in [0.4, 0.5) is 17.1 Å². The summed E-state index contributed by atoms with van der Waals surface area (Å²) < 4.78 is 39.1. The zero-order valence-corrected chi connectivity index (χ0v) is 27.1. The van der Waals surface area contributed by atoms with Crippen LogP contribution >= 0.6 is 12.0 Å². The van der Waals surface area contributed by atoms with Crippen molar-refractivity contribution in [1.29, 1.82) is 0 Å². The van der Waals surface area contributed by atoms with Gasteiger partial charge in [0, 0.05) is 27.5 Å². The van der Waals surface area contributed by atoms with Gasteiger partial charge in [0.1, 0.15) is 4.90 Å². The molecule has 0 saturated heterocycles. The van der Waals surface area contributed by atoms with Crippen molar-refractivity contribution >= 4 is 39.2 Å². The van der Waals surface area contributed by atoms with Crippen LogP contribution in [-0.2, 0) is 19.5 Å². The van der Waals surface area contributed by atoms with E-state index in [2.05, 4.69) is 91.4 Å². The first-order chi connectivity index (χ1) is 21.6. The van der Waals surface area contributed by atoms with Crippen LogP contribution in [0, 0.1) is 13.8 Å². The highest BCUT2D eigenvalue weighted by molar-refractivity contribution is 7.94. The molecule has 0 radical (unpaired) electrons. The van der Waals surface area contributed by atoms with E-state index in [-0.39, 0.29) is 4.90 Å². The van der Waals surface area contributed by atoms with Crippen LogP contribution < -0.4 is 4.90 Å². The second kappa shape index (κ2) is 14.0. The largest absolute Gasteiger partial charge is 0.311 e. The molecule has 0 spiro atoms. The molecule has 0 saturated carbocycles. The van der Waals surface area contributed by atoms with Crippen molar-refractivity contribution in [2.45, 2.75) is 49.8 Å². The minimum Gasteiger partial charge on any atom is -0.311 e. The van der Waals surface area contributed by atoms with Gasteiger partial charge in [0.2, 0.25) is 0 Å². The average Bonchev–Trinajstić information content (AvgIpc) is 3.04. The Bertz CT molecular complexity index is 1870. The third kappa shape index (κ3) is 7.48. The normalized spacial score (nSPS) is 12.2. The molecule has 2 N–H and O–H groups in total. The van der Waals surface area contributed by atoms with Crippen molar-refractivity contribution < 1.29 is 27.6 Å². The number of hydrogen-bond donors (Lipinski definition) is 2. The van der Waals surface area contributed by atoms with Gasteiger partial charge in [-0.25, -0.2) is 5.26 Å². The van der Waals surface area contributed by atoms with Crippen molar-refractivity contribution in [3.63, 3.8) is 0 Å². The Labute approximate surface area is 268 Å². The second-order valence-electron chi connectivity index (χ2n) is 11.0. The molecule has 9 heteroatoms. The third-order valence-electron chi connectivity index (χ3n) is 7.92. The summed E-state index contributed by atoms with van der Waals surface area (Å²) in [6, 6.07) is 35.5. The van der Waals surface area contributed by atoms with Gasteiger partial charge in [0.05, 0.1) is 12.0 Å². The van der Waals surface area contributed by atoms with E-state index in [9.17, 15) is 13.0 Å². The van der Waals surface area contributed by atoms with Gasteiger partial charge in [-0.15, -0.1) is 4.33 Å². The highest BCUT2D eigenvalue weighted by atomic mass is 32.2. The summed E-state index contributed by atoms with van der Waals surface area (Å²) in [7, 11) is -4.51. The Hall–Kier alpha value is -3.96. The third-order valence-corrected chi connectivity index (χ3v) is 9.46. The summed E-state index contributed by atoms with van der Waals surface area (Å²) in [5.41, 5.74) is 8.76. The Morgan fingerprint density at radius 2 is 1.27 bits per heavy atom. The summed E-state index contributed by atoms with van der Waals surface area (Å²) in [6.45, 7) is 8.24. The number of anilines is 3. The van der Waals surface area contributed by atoms with Gasteiger partial charge < -0.3 is 4.90 Å². The average molecular weight is 642 g/mol. The van der Waals surface area contributed by atoms with Crippen molar-refractivity contribution in [3.05, 3.63) is 126 Å². The van der Waals surface area contributed by atoms with Gasteiger partial charge in [0.25, 0.3) is 10.1 Å². The predicted molar refractivity (Wildman–Crippen MR) is 181 cm³/mol. The molecule has 5 aromatic carbocycles. The van der Waals surface area contributed by atoms with Gasteiger partial charge in [0.15, 0.2) is 0 Å². The molecule has 0 aromatic heterocycles. The summed E-state index contributed by atoms with van der Waals surface area (Å²) in [6.07, 6.45) is 1.08. The molecule has 5 rings (SSSR count). The second-order valence-corrected chi connectivity index (χ2v) is 13.2. The first-order valence-corrected chi connectivity index (χ1v) is 16.7. The van der Waals surface area contributed by atoms with Crippen molar-refractivity contribution in [1.82, 2.24) is 0 Å². The molecule has 0 heterocycles. The zero-order valence-electron chi connectivity index (χ0n) is 25.5. The van der Waals surface area contributed by atoms with Crippen LogP contribution in [0.15, 0.2) is 119 Å². The van der Waals surface area contributed by atoms with E-state index in [1.54, 1.807) is 25.1 Å². The first kappa shape index (κ1) is 32.4. The molecule has 45 heavy (non-hydrogen) atoms. The molecule has 0 aliphatic heterocycles. The van der Waals surface area contributed by atoms with Gasteiger partial charge >= 0.3 is 0 Å². The first-order valence-electron chi connectivity index (χ1n) is 14.5. The van der Waals surface area contributed by atoms with Crippen LogP contribution in [0.25, 0.3) is 22.3 Å². The lowest BCUT2D eigenvalue weighted by molar-refractivity contribution is -0.432. The zero-order chi connectivity index (χ0) is 32.1. The molecule has 232 valence electrons. The van der Waals surface area contributed by atoms with Crippen LogP contribution in [0.5, 0.6) is 0 Å². The fourth-order valence-corrected chi connectivity index (χ4v) is 6.58. The van der Waals surface area contributed by atoms with Crippen molar-refractivity contribution in [3.8, 4) is 22.3 Å². The number of nitrogens with zero attached hydrogens (tertiary/aromatic N) is 1. The number of aryl methyl sites for hydroxylation is 2. The van der Waals surface area contributed by atoms with Crippen LogP contribution in [0.2, 0.25) is 0 Å². The molecule has 7 nitrogen and oxygen atoms in total. The van der Waals surface area contributed by atoms with E-state index < -0.39 is 10.1 Å². The lowest BCUT2D eigenvalue weighted by Crippen LogP contribution is -2.10. The lowest BCUT2D eigenvalue weighted by Gasteiger charge is -2.26. The fourth-order valence-electron chi connectivity index (χ4n) is 5.24. The molecule has 0 fully saturated rings. The van der Waals surface area contributed by atoms with E-state index in [4.69, 9.17) is 9.59 Å². The van der Waals surface area contributed by atoms with Gasteiger partial charge in [-0.2, -0.15) is 8.42 Å². The van der Waals surface area contributed by atoms with Crippen LogP contribution in [0.1, 0.15) is 42.9 Å².